The minimum Gasteiger partial charge on any atom is -0.435 e. The van der Waals surface area contributed by atoms with Crippen LogP contribution in [0.25, 0.3) is 0 Å². The van der Waals surface area contributed by atoms with Gasteiger partial charge in [-0.25, -0.2) is 0 Å². The molecule has 11 heteroatoms. The van der Waals surface area contributed by atoms with Gasteiger partial charge in [0.25, 0.3) is 0 Å². The molecule has 0 unspecified atom stereocenters. The molecule has 0 bridgehead atoms. The van der Waals surface area contributed by atoms with Gasteiger partial charge >= 0.3 is 6.61 Å². The van der Waals surface area contributed by atoms with E-state index in [0.29, 0.717) is 23.1 Å². The predicted molar refractivity (Wildman–Crippen MR) is 120 cm³/mol. The highest BCUT2D eigenvalue weighted by Gasteiger charge is 2.36. The Balaban J connectivity index is 0.000000380. The lowest BCUT2D eigenvalue weighted by atomic mass is 10.0. The van der Waals surface area contributed by atoms with Gasteiger partial charge in [-0.1, -0.05) is 12.1 Å². The summed E-state index contributed by atoms with van der Waals surface area (Å²) < 4.78 is 39.5. The first kappa shape index (κ1) is 25.5. The first-order valence-electron chi connectivity index (χ1n) is 9.69. The van der Waals surface area contributed by atoms with Crippen LogP contribution in [0.5, 0.6) is 5.75 Å². The van der Waals surface area contributed by atoms with Crippen LogP contribution < -0.4 is 15.4 Å². The lowest BCUT2D eigenvalue weighted by Gasteiger charge is -2.36. The van der Waals surface area contributed by atoms with Crippen LogP contribution in [0, 0.1) is 5.41 Å². The number of aliphatic hydroxyl groups is 1. The van der Waals surface area contributed by atoms with E-state index < -0.39 is 17.4 Å². The first-order chi connectivity index (χ1) is 15.2. The summed E-state index contributed by atoms with van der Waals surface area (Å²) >= 11 is 0. The molecule has 1 aromatic carbocycles. The molecule has 8 nitrogen and oxygen atoms in total. The number of hydrogen-bond acceptors (Lipinski definition) is 8. The quantitative estimate of drug-likeness (QED) is 0.328. The summed E-state index contributed by atoms with van der Waals surface area (Å²) in [6.45, 7) is -0.801. The van der Waals surface area contributed by atoms with Crippen LogP contribution in [0.3, 0.4) is 0 Å². The number of anilines is 1. The fourth-order valence-electron chi connectivity index (χ4n) is 2.85. The average Bonchev–Trinajstić information content (AvgIpc) is 2.76. The van der Waals surface area contributed by atoms with Gasteiger partial charge in [0, 0.05) is 51.7 Å². The van der Waals surface area contributed by atoms with Crippen molar-refractivity contribution in [2.75, 3.05) is 37.0 Å². The summed E-state index contributed by atoms with van der Waals surface area (Å²) in [4.78, 5) is 15.0. The molecular weight excluding hydrogens is 442 g/mol. The number of hydrogen-bond donors (Lipinski definition) is 4. The second-order valence-electron chi connectivity index (χ2n) is 7.25. The van der Waals surface area contributed by atoms with E-state index in [1.165, 1.54) is 30.5 Å². The number of halogens is 2. The lowest BCUT2D eigenvalue weighted by Crippen LogP contribution is -2.58. The van der Waals surface area contributed by atoms with E-state index in [4.69, 9.17) is 10.5 Å². The summed E-state index contributed by atoms with van der Waals surface area (Å²) in [7, 11) is 1.39. The van der Waals surface area contributed by atoms with Crippen molar-refractivity contribution in [3.63, 3.8) is 0 Å². The van der Waals surface area contributed by atoms with E-state index in [-0.39, 0.29) is 35.8 Å². The Bertz CT molecular complexity index is 967. The number of alkyl halides is 2. The number of pyridine rings is 1. The highest BCUT2D eigenvalue weighted by atomic mass is 32.2. The van der Waals surface area contributed by atoms with E-state index >= 15 is 0 Å². The van der Waals surface area contributed by atoms with E-state index in [1.807, 2.05) is 7.05 Å². The third-order valence-electron chi connectivity index (χ3n) is 4.62. The molecule has 0 spiro atoms. The van der Waals surface area contributed by atoms with Crippen molar-refractivity contribution in [1.82, 2.24) is 10.3 Å². The van der Waals surface area contributed by atoms with Crippen LogP contribution in [-0.2, 0) is 10.8 Å². The number of rotatable bonds is 9. The van der Waals surface area contributed by atoms with E-state index in [2.05, 4.69) is 27.3 Å². The Morgan fingerprint density at radius 3 is 2.66 bits per heavy atom. The van der Waals surface area contributed by atoms with Crippen molar-refractivity contribution < 1.29 is 27.6 Å². The van der Waals surface area contributed by atoms with Crippen LogP contribution in [0.2, 0.25) is 0 Å². The Labute approximate surface area is 187 Å². The minimum absolute atomic E-state index is 0.0346. The molecule has 0 radical (unpaired) electrons. The molecule has 1 aromatic heterocycles. The van der Waals surface area contributed by atoms with Gasteiger partial charge in [0.2, 0.25) is 0 Å². The number of nitrogens with one attached hydrogen (secondary N) is 3. The van der Waals surface area contributed by atoms with Gasteiger partial charge < -0.3 is 20.5 Å². The van der Waals surface area contributed by atoms with Gasteiger partial charge in [-0.15, -0.1) is 0 Å². The second-order valence-corrected chi connectivity index (χ2v) is 8.71. The zero-order valence-electron chi connectivity index (χ0n) is 17.7. The maximum Gasteiger partial charge on any atom is 0.387 e. The lowest BCUT2D eigenvalue weighted by molar-refractivity contribution is -0.0498. The number of aliphatic hydroxyl groups excluding tert-OH is 1. The molecule has 32 heavy (non-hydrogen) atoms. The van der Waals surface area contributed by atoms with Crippen molar-refractivity contribution in [3.8, 4) is 5.75 Å². The molecule has 2 aromatic rings. The fourth-order valence-corrected chi connectivity index (χ4v) is 4.47. The van der Waals surface area contributed by atoms with Crippen LogP contribution in [0.1, 0.15) is 28.5 Å². The molecule has 1 fully saturated rings. The van der Waals surface area contributed by atoms with Gasteiger partial charge in [0.15, 0.2) is 6.29 Å². The van der Waals surface area contributed by atoms with Gasteiger partial charge in [-0.3, -0.25) is 19.4 Å². The molecule has 1 aliphatic heterocycles. The molecule has 1 aliphatic rings. The monoisotopic (exact) mass is 468 g/mol. The van der Waals surface area contributed by atoms with Crippen LogP contribution in [0.4, 0.5) is 14.5 Å². The second kappa shape index (κ2) is 11.7. The molecule has 4 N–H and O–H groups in total. The fraction of sp³-hybridized carbons (Fsp3) is 0.381. The normalized spacial score (nSPS) is 19.4. The molecule has 0 aliphatic carbocycles. The predicted octanol–water partition coefficient (Wildman–Crippen LogP) is 2.04. The topological polar surface area (TPSA) is 124 Å². The maximum atomic E-state index is 12.3. The van der Waals surface area contributed by atoms with Gasteiger partial charge in [-0.2, -0.15) is 8.78 Å². The van der Waals surface area contributed by atoms with Gasteiger partial charge in [0.1, 0.15) is 11.4 Å². The average molecular weight is 469 g/mol. The summed E-state index contributed by atoms with van der Waals surface area (Å²) in [6, 6.07) is 7.21. The van der Waals surface area contributed by atoms with Crippen LogP contribution in [-0.4, -0.2) is 70.2 Å². The minimum atomic E-state index is -2.96. The van der Waals surface area contributed by atoms with Crippen molar-refractivity contribution in [2.45, 2.75) is 19.1 Å². The van der Waals surface area contributed by atoms with E-state index in [1.54, 1.807) is 6.07 Å². The number of aromatic nitrogens is 1. The highest BCUT2D eigenvalue weighted by Crippen LogP contribution is 2.22. The maximum absolute atomic E-state index is 12.3. The SMILES string of the molecule is CNC1(C)CS(=O)C1.N=C(c1cccc(OC(F)F)c1)c1ncc(C=O)cc1NCCO. The molecule has 0 saturated carbocycles. The van der Waals surface area contributed by atoms with E-state index in [9.17, 15) is 17.8 Å². The van der Waals surface area contributed by atoms with Gasteiger partial charge in [0.05, 0.1) is 18.0 Å². The third kappa shape index (κ3) is 7.14. The third-order valence-corrected chi connectivity index (χ3v) is 6.54. The van der Waals surface area contributed by atoms with Crippen molar-refractivity contribution in [1.29, 1.82) is 5.41 Å². The molecule has 0 amide bonds. The summed E-state index contributed by atoms with van der Waals surface area (Å²) in [5, 5.41) is 23.2. The highest BCUT2D eigenvalue weighted by molar-refractivity contribution is 7.86. The van der Waals surface area contributed by atoms with Crippen LogP contribution >= 0.6 is 0 Å². The standard InChI is InChI=1S/C16H15F2N3O3.C5H11NOS/c17-16(18)24-12-3-1-2-11(7-12)14(19)15-13(20-4-5-22)6-10(9-23)8-21-15;1-5(6-2)3-8(7)4-5/h1-3,6-9,16,19-20,22H,4-5H2;6H,3-4H2,1-2H3. The molecule has 0 atom stereocenters. The summed E-state index contributed by atoms with van der Waals surface area (Å²) in [6.07, 6.45) is 1.92. The van der Waals surface area contributed by atoms with Gasteiger partial charge in [-0.05, 0) is 32.2 Å². The number of nitrogens with zero attached hydrogens (tertiary/aromatic N) is 1. The van der Waals surface area contributed by atoms with Crippen LogP contribution in [0.15, 0.2) is 36.5 Å². The van der Waals surface area contributed by atoms with E-state index in [0.717, 1.165) is 11.5 Å². The number of aldehydes is 1. The molecule has 1 saturated heterocycles. The zero-order chi connectivity index (χ0) is 23.7. The number of benzene rings is 1. The summed E-state index contributed by atoms with van der Waals surface area (Å²) in [5.41, 5.74) is 1.40. The number of carbonyl (C=O) groups excluding carboxylic acids is 1. The number of carbonyl (C=O) groups is 1. The molecule has 2 heterocycles. The molecular formula is C21H26F2N4O4S. The van der Waals surface area contributed by atoms with Crippen molar-refractivity contribution >= 4 is 28.5 Å². The first-order valence-corrected chi connectivity index (χ1v) is 11.2. The Kier molecular flexibility index (Phi) is 9.36. The Hall–Kier alpha value is -2.76. The van der Waals surface area contributed by atoms with Crippen molar-refractivity contribution in [3.05, 3.63) is 53.3 Å². The molecule has 174 valence electrons. The zero-order valence-corrected chi connectivity index (χ0v) is 18.5. The molecule has 3 rings (SSSR count). The van der Waals surface area contributed by atoms with Crippen molar-refractivity contribution in [2.24, 2.45) is 0 Å². The summed E-state index contributed by atoms with van der Waals surface area (Å²) in [5.74, 6) is 1.58. The number of ether oxygens (including phenoxy) is 1. The largest absolute Gasteiger partial charge is 0.435 e. The Morgan fingerprint density at radius 2 is 2.12 bits per heavy atom. The Morgan fingerprint density at radius 1 is 1.41 bits per heavy atom. The smallest absolute Gasteiger partial charge is 0.387 e.